The van der Waals surface area contributed by atoms with E-state index in [9.17, 15) is 14.4 Å². The third kappa shape index (κ3) is 7.62. The molecule has 0 saturated carbocycles. The lowest BCUT2D eigenvalue weighted by atomic mass is 10.4. The molecule has 98 valence electrons. The summed E-state index contributed by atoms with van der Waals surface area (Å²) in [4.78, 5) is 33.5. The van der Waals surface area contributed by atoms with E-state index in [1.165, 1.54) is 0 Å². The molecule has 0 saturated heterocycles. The minimum Gasteiger partial charge on any atom is -0.465 e. The average molecular weight is 262 g/mol. The number of amides is 3. The van der Waals surface area contributed by atoms with Crippen LogP contribution in [-0.2, 0) is 14.3 Å². The van der Waals surface area contributed by atoms with Crippen molar-refractivity contribution in [2.45, 2.75) is 26.0 Å². The van der Waals surface area contributed by atoms with Crippen molar-refractivity contribution in [1.82, 2.24) is 10.6 Å². The molecule has 0 spiro atoms. The SMILES string of the molecule is CCNC(=O)NC(=O)[C@H](C)SCC(=O)OCC. The Morgan fingerprint density at radius 2 is 1.94 bits per heavy atom. The Balaban J connectivity index is 3.89. The van der Waals surface area contributed by atoms with Gasteiger partial charge in [0.1, 0.15) is 0 Å². The number of hydrogen-bond donors (Lipinski definition) is 2. The van der Waals surface area contributed by atoms with Crippen molar-refractivity contribution < 1.29 is 19.1 Å². The second-order valence-corrected chi connectivity index (χ2v) is 4.44. The van der Waals surface area contributed by atoms with E-state index in [1.54, 1.807) is 20.8 Å². The lowest BCUT2D eigenvalue weighted by molar-refractivity contribution is -0.139. The van der Waals surface area contributed by atoms with Crippen LogP contribution in [0.15, 0.2) is 0 Å². The number of nitrogens with one attached hydrogen (secondary N) is 2. The van der Waals surface area contributed by atoms with E-state index in [-0.39, 0.29) is 11.7 Å². The van der Waals surface area contributed by atoms with Gasteiger partial charge in [-0.1, -0.05) is 0 Å². The Bertz CT molecular complexity index is 283. The lowest BCUT2D eigenvalue weighted by Gasteiger charge is -2.10. The minimum atomic E-state index is -0.527. The second kappa shape index (κ2) is 8.86. The van der Waals surface area contributed by atoms with E-state index >= 15 is 0 Å². The van der Waals surface area contributed by atoms with Crippen molar-refractivity contribution in [2.75, 3.05) is 18.9 Å². The highest BCUT2D eigenvalue weighted by Crippen LogP contribution is 2.10. The Morgan fingerprint density at radius 1 is 1.29 bits per heavy atom. The molecule has 0 unspecified atom stereocenters. The summed E-state index contributed by atoms with van der Waals surface area (Å²) in [5.74, 6) is -0.696. The van der Waals surface area contributed by atoms with Crippen molar-refractivity contribution in [2.24, 2.45) is 0 Å². The molecule has 0 aliphatic carbocycles. The van der Waals surface area contributed by atoms with Gasteiger partial charge in [0.15, 0.2) is 0 Å². The zero-order valence-corrected chi connectivity index (χ0v) is 11.1. The first-order valence-electron chi connectivity index (χ1n) is 5.37. The van der Waals surface area contributed by atoms with Crippen molar-refractivity contribution in [3.05, 3.63) is 0 Å². The zero-order chi connectivity index (χ0) is 13.3. The fourth-order valence-electron chi connectivity index (χ4n) is 0.890. The van der Waals surface area contributed by atoms with Crippen molar-refractivity contribution in [3.63, 3.8) is 0 Å². The number of imide groups is 1. The van der Waals surface area contributed by atoms with E-state index in [2.05, 4.69) is 10.6 Å². The zero-order valence-electron chi connectivity index (χ0n) is 10.2. The van der Waals surface area contributed by atoms with Gasteiger partial charge in [-0.25, -0.2) is 4.79 Å². The van der Waals surface area contributed by atoms with Crippen molar-refractivity contribution >= 4 is 29.7 Å². The van der Waals surface area contributed by atoms with Gasteiger partial charge in [-0.2, -0.15) is 0 Å². The number of carbonyl (C=O) groups excluding carboxylic acids is 3. The molecular weight excluding hydrogens is 244 g/mol. The first kappa shape index (κ1) is 15.8. The third-order valence-corrected chi connectivity index (χ3v) is 2.82. The minimum absolute atomic E-state index is 0.0951. The van der Waals surface area contributed by atoms with E-state index in [4.69, 9.17) is 4.74 Å². The van der Waals surface area contributed by atoms with E-state index in [0.29, 0.717) is 13.2 Å². The van der Waals surface area contributed by atoms with E-state index in [0.717, 1.165) is 11.8 Å². The molecular formula is C10H18N2O4S. The maximum atomic E-state index is 11.5. The fraction of sp³-hybridized carbons (Fsp3) is 0.700. The van der Waals surface area contributed by atoms with Crippen LogP contribution in [0.5, 0.6) is 0 Å². The summed E-state index contributed by atoms with van der Waals surface area (Å²) in [7, 11) is 0. The quantitative estimate of drug-likeness (QED) is 0.682. The number of thioether (sulfide) groups is 1. The molecule has 0 aliphatic rings. The molecule has 0 bridgehead atoms. The van der Waals surface area contributed by atoms with Crippen LogP contribution in [0.3, 0.4) is 0 Å². The predicted octanol–water partition coefficient (Wildman–Crippen LogP) is 0.517. The van der Waals surface area contributed by atoms with Crippen LogP contribution >= 0.6 is 11.8 Å². The Labute approximate surface area is 105 Å². The molecule has 0 aromatic heterocycles. The van der Waals surface area contributed by atoms with E-state index in [1.807, 2.05) is 0 Å². The van der Waals surface area contributed by atoms with Crippen molar-refractivity contribution in [1.29, 1.82) is 0 Å². The van der Waals surface area contributed by atoms with Gasteiger partial charge in [0.05, 0.1) is 17.6 Å². The molecule has 0 rings (SSSR count). The smallest absolute Gasteiger partial charge is 0.321 e. The van der Waals surface area contributed by atoms with Gasteiger partial charge in [-0.05, 0) is 20.8 Å². The predicted molar refractivity (Wildman–Crippen MR) is 65.8 cm³/mol. The summed E-state index contributed by atoms with van der Waals surface area (Å²) in [5, 5.41) is 4.13. The highest BCUT2D eigenvalue weighted by molar-refractivity contribution is 8.01. The van der Waals surface area contributed by atoms with Gasteiger partial charge >= 0.3 is 12.0 Å². The van der Waals surface area contributed by atoms with Crippen LogP contribution in [0.25, 0.3) is 0 Å². The average Bonchev–Trinajstić information content (AvgIpc) is 2.26. The van der Waals surface area contributed by atoms with Crippen LogP contribution in [0.4, 0.5) is 4.79 Å². The normalized spacial score (nSPS) is 11.5. The van der Waals surface area contributed by atoms with Crippen LogP contribution in [0, 0.1) is 0 Å². The molecule has 0 fully saturated rings. The summed E-state index contributed by atoms with van der Waals surface area (Å²) in [6, 6.07) is -0.527. The first-order valence-corrected chi connectivity index (χ1v) is 6.42. The Morgan fingerprint density at radius 3 is 2.47 bits per heavy atom. The molecule has 0 aliphatic heterocycles. The molecule has 3 amide bonds. The van der Waals surface area contributed by atoms with Gasteiger partial charge < -0.3 is 10.1 Å². The fourth-order valence-corrected chi connectivity index (χ4v) is 1.57. The van der Waals surface area contributed by atoms with Crippen LogP contribution in [0.2, 0.25) is 0 Å². The van der Waals surface area contributed by atoms with Gasteiger partial charge in [0, 0.05) is 6.54 Å². The molecule has 6 nitrogen and oxygen atoms in total. The Hall–Kier alpha value is -1.24. The van der Waals surface area contributed by atoms with E-state index < -0.39 is 17.2 Å². The number of hydrogen-bond acceptors (Lipinski definition) is 5. The largest absolute Gasteiger partial charge is 0.465 e. The summed E-state index contributed by atoms with van der Waals surface area (Å²) < 4.78 is 4.72. The highest BCUT2D eigenvalue weighted by atomic mass is 32.2. The lowest BCUT2D eigenvalue weighted by Crippen LogP contribution is -2.42. The highest BCUT2D eigenvalue weighted by Gasteiger charge is 2.17. The van der Waals surface area contributed by atoms with Gasteiger partial charge in [0.2, 0.25) is 5.91 Å². The maximum Gasteiger partial charge on any atom is 0.321 e. The summed E-state index contributed by atoms with van der Waals surface area (Å²) in [6.45, 7) is 5.86. The molecule has 1 atom stereocenters. The first-order chi connectivity index (χ1) is 8.01. The molecule has 0 heterocycles. The molecule has 2 N–H and O–H groups in total. The van der Waals surface area contributed by atoms with Crippen LogP contribution in [0.1, 0.15) is 20.8 Å². The number of ether oxygens (including phenoxy) is 1. The Kier molecular flexibility index (Phi) is 8.21. The monoisotopic (exact) mass is 262 g/mol. The number of rotatable bonds is 6. The maximum absolute atomic E-state index is 11.5. The van der Waals surface area contributed by atoms with Crippen LogP contribution < -0.4 is 10.6 Å². The van der Waals surface area contributed by atoms with Gasteiger partial charge in [0.25, 0.3) is 0 Å². The standard InChI is InChI=1S/C10H18N2O4S/c1-4-11-10(15)12-9(14)7(3)17-6-8(13)16-5-2/h7H,4-6H2,1-3H3,(H2,11,12,14,15)/t7-/m0/s1. The summed E-state index contributed by atoms with van der Waals surface area (Å²) in [6.07, 6.45) is 0. The molecule has 17 heavy (non-hydrogen) atoms. The topological polar surface area (TPSA) is 84.5 Å². The molecule has 0 radical (unpaired) electrons. The number of carbonyl (C=O) groups is 3. The molecule has 7 heteroatoms. The summed E-state index contributed by atoms with van der Waals surface area (Å²) >= 11 is 1.13. The molecule has 0 aromatic rings. The van der Waals surface area contributed by atoms with Gasteiger partial charge in [-0.3, -0.25) is 14.9 Å². The van der Waals surface area contributed by atoms with Gasteiger partial charge in [-0.15, -0.1) is 11.8 Å². The third-order valence-electron chi connectivity index (χ3n) is 1.70. The number of esters is 1. The molecule has 0 aromatic carbocycles. The summed E-state index contributed by atoms with van der Waals surface area (Å²) in [5.41, 5.74) is 0. The second-order valence-electron chi connectivity index (χ2n) is 3.11. The number of urea groups is 1. The van der Waals surface area contributed by atoms with Crippen LogP contribution in [-0.4, -0.2) is 42.1 Å². The van der Waals surface area contributed by atoms with Crippen molar-refractivity contribution in [3.8, 4) is 0 Å².